The summed E-state index contributed by atoms with van der Waals surface area (Å²) in [6, 6.07) is 16.3. The summed E-state index contributed by atoms with van der Waals surface area (Å²) in [6.45, 7) is 4.51. The molecule has 0 atom stereocenters. The molecule has 0 saturated carbocycles. The third-order valence-corrected chi connectivity index (χ3v) is 4.85. The van der Waals surface area contributed by atoms with Crippen molar-refractivity contribution in [3.8, 4) is 0 Å². The Morgan fingerprint density at radius 2 is 1.74 bits per heavy atom. The summed E-state index contributed by atoms with van der Waals surface area (Å²) in [5, 5.41) is 3.00. The van der Waals surface area contributed by atoms with Gasteiger partial charge >= 0.3 is 0 Å². The number of benzene rings is 2. The van der Waals surface area contributed by atoms with Crippen molar-refractivity contribution in [3.05, 3.63) is 66.0 Å². The van der Waals surface area contributed by atoms with Gasteiger partial charge in [0.15, 0.2) is 0 Å². The van der Waals surface area contributed by atoms with Crippen LogP contribution >= 0.6 is 11.8 Å². The Balaban J connectivity index is 1.73. The lowest BCUT2D eigenvalue weighted by Crippen LogP contribution is -2.40. The fourth-order valence-corrected chi connectivity index (χ4v) is 3.05. The van der Waals surface area contributed by atoms with E-state index < -0.39 is 5.41 Å². The molecule has 0 aliphatic rings. The smallest absolute Gasteiger partial charge is 0.230 e. The van der Waals surface area contributed by atoms with Gasteiger partial charge in [0.2, 0.25) is 5.91 Å². The molecular weight excluding hydrogens is 309 g/mol. The third-order valence-electron chi connectivity index (χ3n) is 3.75. The van der Waals surface area contributed by atoms with E-state index in [9.17, 15) is 9.18 Å². The second-order valence-electron chi connectivity index (χ2n) is 5.90. The molecule has 0 spiro atoms. The van der Waals surface area contributed by atoms with Gasteiger partial charge in [-0.1, -0.05) is 30.3 Å². The molecule has 4 heteroatoms. The van der Waals surface area contributed by atoms with Crippen molar-refractivity contribution in [1.82, 2.24) is 5.32 Å². The summed E-state index contributed by atoms with van der Waals surface area (Å²) in [7, 11) is 0. The van der Waals surface area contributed by atoms with Gasteiger partial charge < -0.3 is 5.32 Å². The molecule has 0 saturated heterocycles. The van der Waals surface area contributed by atoms with Crippen molar-refractivity contribution >= 4 is 17.7 Å². The van der Waals surface area contributed by atoms with Crippen LogP contribution in [0, 0.1) is 5.82 Å². The van der Waals surface area contributed by atoms with Crippen molar-refractivity contribution in [1.29, 1.82) is 0 Å². The lowest BCUT2D eigenvalue weighted by Gasteiger charge is -2.24. The molecule has 2 rings (SSSR count). The van der Waals surface area contributed by atoms with Crippen molar-refractivity contribution in [2.45, 2.75) is 30.6 Å². The number of carbonyl (C=O) groups excluding carboxylic acids is 1. The molecular formula is C19H22FNOS. The van der Waals surface area contributed by atoms with Crippen LogP contribution in [0.3, 0.4) is 0 Å². The molecule has 0 aliphatic carbocycles. The SMILES string of the molecule is CC(C)(C(=O)NCCCSc1ccc(F)cc1)c1ccccc1. The van der Waals surface area contributed by atoms with E-state index in [1.165, 1.54) is 12.1 Å². The van der Waals surface area contributed by atoms with Gasteiger partial charge in [-0.05, 0) is 55.9 Å². The molecule has 0 aliphatic heterocycles. The van der Waals surface area contributed by atoms with E-state index in [0.29, 0.717) is 6.54 Å². The van der Waals surface area contributed by atoms with Gasteiger partial charge in [0.1, 0.15) is 5.82 Å². The molecule has 1 N–H and O–H groups in total. The Morgan fingerprint density at radius 1 is 1.09 bits per heavy atom. The van der Waals surface area contributed by atoms with E-state index in [1.807, 2.05) is 44.2 Å². The van der Waals surface area contributed by atoms with Crippen LogP contribution < -0.4 is 5.32 Å². The number of carbonyl (C=O) groups is 1. The van der Waals surface area contributed by atoms with E-state index in [2.05, 4.69) is 5.32 Å². The first-order valence-electron chi connectivity index (χ1n) is 7.72. The lowest BCUT2D eigenvalue weighted by molar-refractivity contribution is -0.125. The maximum Gasteiger partial charge on any atom is 0.230 e. The third kappa shape index (κ3) is 5.10. The standard InChI is InChI=1S/C19H22FNOS/c1-19(2,15-7-4-3-5-8-15)18(22)21-13-6-14-23-17-11-9-16(20)10-12-17/h3-5,7-12H,6,13-14H2,1-2H3,(H,21,22). The van der Waals surface area contributed by atoms with Gasteiger partial charge in [0.25, 0.3) is 0 Å². The van der Waals surface area contributed by atoms with E-state index in [1.54, 1.807) is 23.9 Å². The number of amides is 1. The number of rotatable bonds is 7. The summed E-state index contributed by atoms with van der Waals surface area (Å²) < 4.78 is 12.8. The quantitative estimate of drug-likeness (QED) is 0.602. The van der Waals surface area contributed by atoms with Crippen LogP contribution in [0.1, 0.15) is 25.8 Å². The van der Waals surface area contributed by atoms with Crippen molar-refractivity contribution < 1.29 is 9.18 Å². The summed E-state index contributed by atoms with van der Waals surface area (Å²) in [4.78, 5) is 13.4. The Hall–Kier alpha value is -1.81. The zero-order chi connectivity index (χ0) is 16.7. The van der Waals surface area contributed by atoms with Crippen LogP contribution in [-0.2, 0) is 10.2 Å². The predicted octanol–water partition coefficient (Wildman–Crippen LogP) is 4.40. The molecule has 0 aromatic heterocycles. The minimum Gasteiger partial charge on any atom is -0.355 e. The Morgan fingerprint density at radius 3 is 2.39 bits per heavy atom. The van der Waals surface area contributed by atoms with Crippen LogP contribution in [0.15, 0.2) is 59.5 Å². The lowest BCUT2D eigenvalue weighted by atomic mass is 9.84. The van der Waals surface area contributed by atoms with Crippen molar-refractivity contribution in [2.24, 2.45) is 0 Å². The summed E-state index contributed by atoms with van der Waals surface area (Å²) in [5.41, 5.74) is 0.476. The maximum absolute atomic E-state index is 12.8. The van der Waals surface area contributed by atoms with Gasteiger partial charge in [-0.2, -0.15) is 0 Å². The molecule has 1 amide bonds. The molecule has 0 heterocycles. The van der Waals surface area contributed by atoms with Gasteiger partial charge in [-0.25, -0.2) is 4.39 Å². The number of nitrogens with one attached hydrogen (secondary N) is 1. The largest absolute Gasteiger partial charge is 0.355 e. The van der Waals surface area contributed by atoms with E-state index in [0.717, 1.165) is 22.6 Å². The zero-order valence-corrected chi connectivity index (χ0v) is 14.3. The molecule has 0 bridgehead atoms. The topological polar surface area (TPSA) is 29.1 Å². The molecule has 23 heavy (non-hydrogen) atoms. The molecule has 0 unspecified atom stereocenters. The monoisotopic (exact) mass is 331 g/mol. The van der Waals surface area contributed by atoms with Gasteiger partial charge in [0, 0.05) is 11.4 Å². The molecule has 2 aromatic rings. The Kier molecular flexibility index (Phi) is 6.22. The van der Waals surface area contributed by atoms with E-state index in [4.69, 9.17) is 0 Å². The van der Waals surface area contributed by atoms with Crippen molar-refractivity contribution in [3.63, 3.8) is 0 Å². The van der Waals surface area contributed by atoms with E-state index >= 15 is 0 Å². The number of hydrogen-bond acceptors (Lipinski definition) is 2. The fraction of sp³-hybridized carbons (Fsp3) is 0.316. The van der Waals surface area contributed by atoms with Crippen LogP contribution in [-0.4, -0.2) is 18.2 Å². The van der Waals surface area contributed by atoms with Crippen LogP contribution in [0.4, 0.5) is 4.39 Å². The highest BCUT2D eigenvalue weighted by Crippen LogP contribution is 2.23. The van der Waals surface area contributed by atoms with Gasteiger partial charge in [0.05, 0.1) is 5.41 Å². The fourth-order valence-electron chi connectivity index (χ4n) is 2.20. The second-order valence-corrected chi connectivity index (χ2v) is 7.07. The van der Waals surface area contributed by atoms with Crippen LogP contribution in [0.5, 0.6) is 0 Å². The van der Waals surface area contributed by atoms with Crippen molar-refractivity contribution in [2.75, 3.05) is 12.3 Å². The second kappa shape index (κ2) is 8.16. The highest BCUT2D eigenvalue weighted by atomic mass is 32.2. The van der Waals surface area contributed by atoms with E-state index in [-0.39, 0.29) is 11.7 Å². The minimum atomic E-state index is -0.536. The highest BCUT2D eigenvalue weighted by Gasteiger charge is 2.28. The molecule has 122 valence electrons. The Bertz CT molecular complexity index is 626. The van der Waals surface area contributed by atoms with Crippen LogP contribution in [0.2, 0.25) is 0 Å². The van der Waals surface area contributed by atoms with Crippen LogP contribution in [0.25, 0.3) is 0 Å². The summed E-state index contributed by atoms with van der Waals surface area (Å²) >= 11 is 1.67. The van der Waals surface area contributed by atoms with Gasteiger partial charge in [-0.15, -0.1) is 11.8 Å². The minimum absolute atomic E-state index is 0.0375. The Labute approximate surface area is 141 Å². The first kappa shape index (κ1) is 17.5. The molecule has 0 fully saturated rings. The number of thioether (sulfide) groups is 1. The molecule has 2 aromatic carbocycles. The first-order chi connectivity index (χ1) is 11.0. The summed E-state index contributed by atoms with van der Waals surface area (Å²) in [6.07, 6.45) is 0.874. The first-order valence-corrected chi connectivity index (χ1v) is 8.71. The normalized spacial score (nSPS) is 11.3. The number of halogens is 1. The average molecular weight is 331 g/mol. The highest BCUT2D eigenvalue weighted by molar-refractivity contribution is 7.99. The number of hydrogen-bond donors (Lipinski definition) is 1. The summed E-state index contributed by atoms with van der Waals surface area (Å²) in [5.74, 6) is 0.706. The predicted molar refractivity (Wildman–Crippen MR) is 94.2 cm³/mol. The zero-order valence-electron chi connectivity index (χ0n) is 13.5. The molecule has 0 radical (unpaired) electrons. The average Bonchev–Trinajstić information content (AvgIpc) is 2.57. The maximum atomic E-state index is 12.8. The van der Waals surface area contributed by atoms with Gasteiger partial charge in [-0.3, -0.25) is 4.79 Å². The molecule has 2 nitrogen and oxygen atoms in total.